The second kappa shape index (κ2) is 6.86. The molecule has 1 amide bonds. The van der Waals surface area contributed by atoms with Crippen molar-refractivity contribution in [3.63, 3.8) is 0 Å². The van der Waals surface area contributed by atoms with Gasteiger partial charge in [0.2, 0.25) is 5.91 Å². The predicted molar refractivity (Wildman–Crippen MR) is 82.7 cm³/mol. The first kappa shape index (κ1) is 14.3. The highest BCUT2D eigenvalue weighted by atomic mass is 32.2. The van der Waals surface area contributed by atoms with Crippen molar-refractivity contribution in [2.75, 3.05) is 11.6 Å². The van der Waals surface area contributed by atoms with Crippen molar-refractivity contribution in [2.45, 2.75) is 12.1 Å². The Labute approximate surface area is 122 Å². The normalized spacial score (nSPS) is 10.7. The van der Waals surface area contributed by atoms with Gasteiger partial charge in [0, 0.05) is 29.7 Å². The standard InChI is InChI=1S/C15H15N3OS/c1-11-3-6-13(7-4-11)18-14(19)8-5-12-9-16-15(20-2)17-10-12/h3-10H,1-2H3,(H,18,19)/b8-5+. The molecule has 1 N–H and O–H groups in total. The van der Waals surface area contributed by atoms with Crippen molar-refractivity contribution in [1.82, 2.24) is 9.97 Å². The Balaban J connectivity index is 1.96. The van der Waals surface area contributed by atoms with Crippen LogP contribution in [0.1, 0.15) is 11.1 Å². The van der Waals surface area contributed by atoms with E-state index in [1.807, 2.05) is 37.4 Å². The molecule has 0 radical (unpaired) electrons. The molecule has 1 heterocycles. The number of carbonyl (C=O) groups excluding carboxylic acids is 1. The van der Waals surface area contributed by atoms with E-state index in [0.29, 0.717) is 5.16 Å². The third kappa shape index (κ3) is 4.20. The summed E-state index contributed by atoms with van der Waals surface area (Å²) in [6.07, 6.45) is 8.45. The van der Waals surface area contributed by atoms with Crippen LogP contribution in [0.3, 0.4) is 0 Å². The van der Waals surface area contributed by atoms with Gasteiger partial charge in [-0.1, -0.05) is 29.5 Å². The van der Waals surface area contributed by atoms with Crippen molar-refractivity contribution in [2.24, 2.45) is 0 Å². The molecule has 0 fully saturated rings. The quantitative estimate of drug-likeness (QED) is 0.532. The lowest BCUT2D eigenvalue weighted by Gasteiger charge is -2.02. The summed E-state index contributed by atoms with van der Waals surface area (Å²) in [6.45, 7) is 2.00. The number of carbonyl (C=O) groups is 1. The molecule has 0 unspecified atom stereocenters. The molecule has 102 valence electrons. The molecule has 20 heavy (non-hydrogen) atoms. The number of thioether (sulfide) groups is 1. The van der Waals surface area contributed by atoms with Crippen molar-refractivity contribution in [1.29, 1.82) is 0 Å². The van der Waals surface area contributed by atoms with Crippen LogP contribution in [0.2, 0.25) is 0 Å². The highest BCUT2D eigenvalue weighted by Crippen LogP contribution is 2.10. The summed E-state index contributed by atoms with van der Waals surface area (Å²) in [4.78, 5) is 20.0. The Bertz CT molecular complexity index is 606. The van der Waals surface area contributed by atoms with Crippen LogP contribution >= 0.6 is 11.8 Å². The number of anilines is 1. The minimum atomic E-state index is -0.178. The number of benzene rings is 1. The minimum absolute atomic E-state index is 0.178. The third-order valence-electron chi connectivity index (χ3n) is 2.58. The number of hydrogen-bond acceptors (Lipinski definition) is 4. The molecular weight excluding hydrogens is 270 g/mol. The number of amides is 1. The minimum Gasteiger partial charge on any atom is -0.323 e. The van der Waals surface area contributed by atoms with Crippen LogP contribution in [-0.4, -0.2) is 22.1 Å². The fourth-order valence-corrected chi connectivity index (χ4v) is 1.83. The Morgan fingerprint density at radius 1 is 1.20 bits per heavy atom. The second-order valence-corrected chi connectivity index (χ2v) is 4.97. The number of aromatic nitrogens is 2. The number of rotatable bonds is 4. The van der Waals surface area contributed by atoms with Gasteiger partial charge in [-0.05, 0) is 31.4 Å². The van der Waals surface area contributed by atoms with Gasteiger partial charge in [0.15, 0.2) is 5.16 Å². The van der Waals surface area contributed by atoms with Gasteiger partial charge in [-0.15, -0.1) is 0 Å². The zero-order valence-corrected chi connectivity index (χ0v) is 12.1. The van der Waals surface area contributed by atoms with E-state index >= 15 is 0 Å². The average molecular weight is 285 g/mol. The second-order valence-electron chi connectivity index (χ2n) is 4.19. The summed E-state index contributed by atoms with van der Waals surface area (Å²) >= 11 is 1.48. The lowest BCUT2D eigenvalue weighted by molar-refractivity contribution is -0.111. The molecule has 2 aromatic rings. The Kier molecular flexibility index (Phi) is 4.90. The van der Waals surface area contributed by atoms with Crippen LogP contribution in [0.15, 0.2) is 47.9 Å². The maximum atomic E-state index is 11.8. The van der Waals surface area contributed by atoms with Gasteiger partial charge in [0.1, 0.15) is 0 Å². The molecule has 0 bridgehead atoms. The molecule has 1 aromatic heterocycles. The van der Waals surface area contributed by atoms with E-state index in [9.17, 15) is 4.79 Å². The Morgan fingerprint density at radius 2 is 1.85 bits per heavy atom. The van der Waals surface area contributed by atoms with Gasteiger partial charge in [-0.25, -0.2) is 9.97 Å². The molecule has 0 saturated heterocycles. The van der Waals surface area contributed by atoms with Gasteiger partial charge in [0.25, 0.3) is 0 Å². The molecular formula is C15H15N3OS. The topological polar surface area (TPSA) is 54.9 Å². The fraction of sp³-hybridized carbons (Fsp3) is 0.133. The summed E-state index contributed by atoms with van der Waals surface area (Å²) in [5, 5.41) is 3.51. The first-order chi connectivity index (χ1) is 9.67. The van der Waals surface area contributed by atoms with E-state index in [0.717, 1.165) is 16.8 Å². The zero-order valence-electron chi connectivity index (χ0n) is 11.3. The lowest BCUT2D eigenvalue weighted by atomic mass is 10.2. The molecule has 0 spiro atoms. The van der Waals surface area contributed by atoms with E-state index in [2.05, 4.69) is 15.3 Å². The monoisotopic (exact) mass is 285 g/mol. The van der Waals surface area contributed by atoms with Gasteiger partial charge in [-0.3, -0.25) is 4.79 Å². The summed E-state index contributed by atoms with van der Waals surface area (Å²) < 4.78 is 0. The van der Waals surface area contributed by atoms with Gasteiger partial charge < -0.3 is 5.32 Å². The smallest absolute Gasteiger partial charge is 0.248 e. The Morgan fingerprint density at radius 3 is 2.45 bits per heavy atom. The SMILES string of the molecule is CSc1ncc(/C=C/C(=O)Nc2ccc(C)cc2)cn1. The van der Waals surface area contributed by atoms with E-state index in [1.165, 1.54) is 17.8 Å². The maximum Gasteiger partial charge on any atom is 0.248 e. The third-order valence-corrected chi connectivity index (χ3v) is 3.15. The number of hydrogen-bond donors (Lipinski definition) is 1. The number of nitrogens with one attached hydrogen (secondary N) is 1. The van der Waals surface area contributed by atoms with Crippen molar-refractivity contribution in [3.05, 3.63) is 53.9 Å². The van der Waals surface area contributed by atoms with Crippen LogP contribution in [-0.2, 0) is 4.79 Å². The van der Waals surface area contributed by atoms with E-state index in [-0.39, 0.29) is 5.91 Å². The molecule has 2 rings (SSSR count). The van der Waals surface area contributed by atoms with Gasteiger partial charge >= 0.3 is 0 Å². The van der Waals surface area contributed by atoms with Crippen LogP contribution in [0.25, 0.3) is 6.08 Å². The van der Waals surface area contributed by atoms with E-state index in [1.54, 1.807) is 18.5 Å². The zero-order chi connectivity index (χ0) is 14.4. The first-order valence-electron chi connectivity index (χ1n) is 6.09. The Hall–Kier alpha value is -2.14. The van der Waals surface area contributed by atoms with Crippen LogP contribution < -0.4 is 5.32 Å². The molecule has 1 aromatic carbocycles. The average Bonchev–Trinajstić information content (AvgIpc) is 2.48. The predicted octanol–water partition coefficient (Wildman–Crippen LogP) is 3.16. The maximum absolute atomic E-state index is 11.8. The lowest BCUT2D eigenvalue weighted by Crippen LogP contribution is -2.07. The summed E-state index contributed by atoms with van der Waals surface area (Å²) in [6, 6.07) is 7.65. The van der Waals surface area contributed by atoms with Crippen molar-refractivity contribution < 1.29 is 4.79 Å². The van der Waals surface area contributed by atoms with Crippen molar-refractivity contribution >= 4 is 29.4 Å². The molecule has 0 atom stereocenters. The molecule has 0 aliphatic rings. The summed E-state index contributed by atoms with van der Waals surface area (Å²) in [7, 11) is 0. The molecule has 5 heteroatoms. The summed E-state index contributed by atoms with van der Waals surface area (Å²) in [5.74, 6) is -0.178. The van der Waals surface area contributed by atoms with Gasteiger partial charge in [0.05, 0.1) is 0 Å². The number of aryl methyl sites for hydroxylation is 1. The fourth-order valence-electron chi connectivity index (χ4n) is 1.51. The highest BCUT2D eigenvalue weighted by molar-refractivity contribution is 7.98. The van der Waals surface area contributed by atoms with Gasteiger partial charge in [-0.2, -0.15) is 0 Å². The largest absolute Gasteiger partial charge is 0.323 e. The highest BCUT2D eigenvalue weighted by Gasteiger charge is 1.98. The summed E-state index contributed by atoms with van der Waals surface area (Å²) in [5.41, 5.74) is 2.73. The molecule has 0 saturated carbocycles. The van der Waals surface area contributed by atoms with Crippen LogP contribution in [0, 0.1) is 6.92 Å². The van der Waals surface area contributed by atoms with Crippen molar-refractivity contribution in [3.8, 4) is 0 Å². The van der Waals surface area contributed by atoms with E-state index < -0.39 is 0 Å². The molecule has 4 nitrogen and oxygen atoms in total. The van der Waals surface area contributed by atoms with E-state index in [4.69, 9.17) is 0 Å². The number of nitrogens with zero attached hydrogens (tertiary/aromatic N) is 2. The molecule has 0 aliphatic carbocycles. The van der Waals surface area contributed by atoms with Crippen LogP contribution in [0.5, 0.6) is 0 Å². The van der Waals surface area contributed by atoms with Crippen LogP contribution in [0.4, 0.5) is 5.69 Å². The molecule has 0 aliphatic heterocycles. The first-order valence-corrected chi connectivity index (χ1v) is 7.31.